The third kappa shape index (κ3) is 4.83. The van der Waals surface area contributed by atoms with E-state index in [-0.39, 0.29) is 11.8 Å². The highest BCUT2D eigenvalue weighted by Gasteiger charge is 2.17. The van der Waals surface area contributed by atoms with Gasteiger partial charge in [-0.2, -0.15) is 0 Å². The maximum Gasteiger partial charge on any atom is 0.259 e. The lowest BCUT2D eigenvalue weighted by molar-refractivity contribution is 0.0828. The van der Waals surface area contributed by atoms with Gasteiger partial charge in [-0.25, -0.2) is 0 Å². The van der Waals surface area contributed by atoms with Crippen molar-refractivity contribution in [1.29, 1.82) is 0 Å². The number of carbonyl (C=O) groups excluding carboxylic acids is 2. The molecule has 5 heteroatoms. The van der Waals surface area contributed by atoms with E-state index in [0.29, 0.717) is 35.1 Å². The summed E-state index contributed by atoms with van der Waals surface area (Å²) in [7, 11) is 3.35. The third-order valence-corrected chi connectivity index (χ3v) is 3.52. The van der Waals surface area contributed by atoms with E-state index in [0.717, 1.165) is 0 Å². The number of amides is 2. The monoisotopic (exact) mass is 340 g/mol. The molecule has 1 N–H and O–H groups in total. The van der Waals surface area contributed by atoms with Crippen molar-refractivity contribution in [2.24, 2.45) is 5.92 Å². The van der Waals surface area contributed by atoms with Crippen LogP contribution >= 0.6 is 0 Å². The predicted octanol–water partition coefficient (Wildman–Crippen LogP) is 3.68. The molecule has 0 heterocycles. The Labute approximate surface area is 148 Å². The van der Waals surface area contributed by atoms with Gasteiger partial charge in [0, 0.05) is 14.1 Å². The summed E-state index contributed by atoms with van der Waals surface area (Å²) in [4.78, 5) is 26.5. The van der Waals surface area contributed by atoms with E-state index >= 15 is 0 Å². The standard InChI is InChI=1S/C20H24N2O3/c1-14(2)13-25-18-12-8-6-10-16(18)19(23)21-17-11-7-5-9-15(17)20(24)22(3)4/h5-12,14H,13H2,1-4H3,(H,21,23). The SMILES string of the molecule is CC(C)COc1ccccc1C(=O)Nc1ccccc1C(=O)N(C)C. The van der Waals surface area contributed by atoms with Gasteiger partial charge in [0.2, 0.25) is 0 Å². The van der Waals surface area contributed by atoms with Crippen molar-refractivity contribution in [2.45, 2.75) is 13.8 Å². The van der Waals surface area contributed by atoms with Crippen LogP contribution in [0, 0.1) is 5.92 Å². The minimum Gasteiger partial charge on any atom is -0.492 e. The average Bonchev–Trinajstić information content (AvgIpc) is 2.60. The molecule has 0 spiro atoms. The van der Waals surface area contributed by atoms with Gasteiger partial charge in [-0.1, -0.05) is 38.1 Å². The normalized spacial score (nSPS) is 10.4. The summed E-state index contributed by atoms with van der Waals surface area (Å²) in [5.74, 6) is 0.415. The first-order chi connectivity index (χ1) is 11.9. The smallest absolute Gasteiger partial charge is 0.259 e. The van der Waals surface area contributed by atoms with Gasteiger partial charge in [0.05, 0.1) is 23.4 Å². The molecule has 2 amide bonds. The molecule has 2 aromatic rings. The van der Waals surface area contributed by atoms with Crippen molar-refractivity contribution in [3.05, 3.63) is 59.7 Å². The number of rotatable bonds is 6. The molecule has 25 heavy (non-hydrogen) atoms. The number of nitrogens with one attached hydrogen (secondary N) is 1. The Hall–Kier alpha value is -2.82. The molecule has 2 rings (SSSR count). The summed E-state index contributed by atoms with van der Waals surface area (Å²) < 4.78 is 5.74. The van der Waals surface area contributed by atoms with E-state index in [9.17, 15) is 9.59 Å². The van der Waals surface area contributed by atoms with Gasteiger partial charge >= 0.3 is 0 Å². The summed E-state index contributed by atoms with van der Waals surface area (Å²) in [6.07, 6.45) is 0. The molecule has 0 aliphatic carbocycles. The first-order valence-electron chi connectivity index (χ1n) is 8.24. The Balaban J connectivity index is 2.25. The number of hydrogen-bond acceptors (Lipinski definition) is 3. The molecule has 0 saturated heterocycles. The van der Waals surface area contributed by atoms with Crippen molar-refractivity contribution in [3.8, 4) is 5.75 Å². The van der Waals surface area contributed by atoms with E-state index in [1.54, 1.807) is 56.6 Å². The number of benzene rings is 2. The first-order valence-corrected chi connectivity index (χ1v) is 8.24. The molecule has 0 unspecified atom stereocenters. The lowest BCUT2D eigenvalue weighted by Gasteiger charge is -2.16. The number of carbonyl (C=O) groups is 2. The molecule has 2 aromatic carbocycles. The minimum atomic E-state index is -0.307. The van der Waals surface area contributed by atoms with Gasteiger partial charge in [0.1, 0.15) is 5.75 Å². The summed E-state index contributed by atoms with van der Waals surface area (Å²) in [5, 5.41) is 2.82. The topological polar surface area (TPSA) is 58.6 Å². The number of hydrogen-bond donors (Lipinski definition) is 1. The highest BCUT2D eigenvalue weighted by Crippen LogP contribution is 2.22. The van der Waals surface area contributed by atoms with Crippen LogP contribution in [0.5, 0.6) is 5.75 Å². The zero-order chi connectivity index (χ0) is 18.4. The molecule has 0 radical (unpaired) electrons. The van der Waals surface area contributed by atoms with Gasteiger partial charge in [-0.15, -0.1) is 0 Å². The molecular formula is C20H24N2O3. The maximum atomic E-state index is 12.7. The molecule has 0 bridgehead atoms. The molecule has 0 fully saturated rings. The van der Waals surface area contributed by atoms with Gasteiger partial charge in [0.15, 0.2) is 0 Å². The van der Waals surface area contributed by atoms with Crippen molar-refractivity contribution in [2.75, 3.05) is 26.0 Å². The quantitative estimate of drug-likeness (QED) is 0.873. The van der Waals surface area contributed by atoms with Crippen LogP contribution in [-0.2, 0) is 0 Å². The van der Waals surface area contributed by atoms with Crippen LogP contribution in [0.1, 0.15) is 34.6 Å². The van der Waals surface area contributed by atoms with E-state index < -0.39 is 0 Å². The Kier molecular flexibility index (Phi) is 6.17. The highest BCUT2D eigenvalue weighted by atomic mass is 16.5. The second kappa shape index (κ2) is 8.33. The van der Waals surface area contributed by atoms with E-state index in [2.05, 4.69) is 5.32 Å². The predicted molar refractivity (Wildman–Crippen MR) is 99.2 cm³/mol. The molecule has 0 atom stereocenters. The second-order valence-electron chi connectivity index (χ2n) is 6.40. The largest absolute Gasteiger partial charge is 0.492 e. The summed E-state index contributed by atoms with van der Waals surface area (Å²) in [6.45, 7) is 4.62. The number of nitrogens with zero attached hydrogens (tertiary/aromatic N) is 1. The Morgan fingerprint density at radius 2 is 1.60 bits per heavy atom. The van der Waals surface area contributed by atoms with Crippen LogP contribution in [0.25, 0.3) is 0 Å². The molecule has 0 aliphatic heterocycles. The molecule has 0 aromatic heterocycles. The zero-order valence-corrected chi connectivity index (χ0v) is 15.1. The van der Waals surface area contributed by atoms with E-state index in [4.69, 9.17) is 4.74 Å². The van der Waals surface area contributed by atoms with E-state index in [1.807, 2.05) is 19.9 Å². The molecule has 0 saturated carbocycles. The number of ether oxygens (including phenoxy) is 1. The summed E-state index contributed by atoms with van der Waals surface area (Å²) in [5.41, 5.74) is 1.36. The maximum absolute atomic E-state index is 12.7. The van der Waals surface area contributed by atoms with Crippen molar-refractivity contribution < 1.29 is 14.3 Å². The van der Waals surface area contributed by atoms with Gasteiger partial charge in [-0.3, -0.25) is 9.59 Å². The molecule has 0 aliphatic rings. The van der Waals surface area contributed by atoms with Crippen LogP contribution < -0.4 is 10.1 Å². The van der Waals surface area contributed by atoms with Crippen molar-refractivity contribution in [1.82, 2.24) is 4.90 Å². The Morgan fingerprint density at radius 1 is 1.00 bits per heavy atom. The van der Waals surface area contributed by atoms with Gasteiger partial charge < -0.3 is 15.0 Å². The Morgan fingerprint density at radius 3 is 2.24 bits per heavy atom. The van der Waals surface area contributed by atoms with Gasteiger partial charge in [0.25, 0.3) is 11.8 Å². The molecule has 5 nitrogen and oxygen atoms in total. The van der Waals surface area contributed by atoms with Crippen LogP contribution in [0.3, 0.4) is 0 Å². The highest BCUT2D eigenvalue weighted by molar-refractivity contribution is 6.10. The van der Waals surface area contributed by atoms with Crippen molar-refractivity contribution >= 4 is 17.5 Å². The lowest BCUT2D eigenvalue weighted by atomic mass is 10.1. The molecule has 132 valence electrons. The van der Waals surface area contributed by atoms with Crippen LogP contribution in [-0.4, -0.2) is 37.4 Å². The zero-order valence-electron chi connectivity index (χ0n) is 15.1. The van der Waals surface area contributed by atoms with E-state index in [1.165, 1.54) is 4.90 Å². The minimum absolute atomic E-state index is 0.166. The fraction of sp³-hybridized carbons (Fsp3) is 0.300. The lowest BCUT2D eigenvalue weighted by Crippen LogP contribution is -2.24. The fourth-order valence-electron chi connectivity index (χ4n) is 2.25. The second-order valence-corrected chi connectivity index (χ2v) is 6.40. The van der Waals surface area contributed by atoms with Crippen molar-refractivity contribution in [3.63, 3.8) is 0 Å². The third-order valence-electron chi connectivity index (χ3n) is 3.52. The van der Waals surface area contributed by atoms with Crippen LogP contribution in [0.2, 0.25) is 0 Å². The average molecular weight is 340 g/mol. The van der Waals surface area contributed by atoms with Crippen LogP contribution in [0.15, 0.2) is 48.5 Å². The summed E-state index contributed by atoms with van der Waals surface area (Å²) >= 11 is 0. The first kappa shape index (κ1) is 18.5. The number of para-hydroxylation sites is 2. The Bertz CT molecular complexity index is 754. The number of anilines is 1. The fourth-order valence-corrected chi connectivity index (χ4v) is 2.25. The van der Waals surface area contributed by atoms with Crippen LogP contribution in [0.4, 0.5) is 5.69 Å². The summed E-state index contributed by atoms with van der Waals surface area (Å²) in [6, 6.07) is 14.1. The van der Waals surface area contributed by atoms with Gasteiger partial charge in [-0.05, 0) is 30.2 Å². The molecular weight excluding hydrogens is 316 g/mol.